The van der Waals surface area contributed by atoms with Gasteiger partial charge in [-0.05, 0) is 30.3 Å². The second kappa shape index (κ2) is 4.27. The van der Waals surface area contributed by atoms with Gasteiger partial charge < -0.3 is 4.90 Å². The molecular weight excluding hydrogens is 278 g/mol. The first-order valence-electron chi connectivity index (χ1n) is 6.96. The Morgan fingerprint density at radius 2 is 1.82 bits per heavy atom. The van der Waals surface area contributed by atoms with Gasteiger partial charge in [0.25, 0.3) is 5.56 Å². The third-order valence-corrected chi connectivity index (χ3v) is 3.96. The van der Waals surface area contributed by atoms with Crippen molar-refractivity contribution >= 4 is 22.4 Å². The first kappa shape index (κ1) is 12.8. The van der Waals surface area contributed by atoms with E-state index in [1.165, 1.54) is 4.57 Å². The van der Waals surface area contributed by atoms with Crippen LogP contribution in [0.2, 0.25) is 0 Å². The van der Waals surface area contributed by atoms with Crippen molar-refractivity contribution in [1.29, 1.82) is 0 Å². The number of rotatable bonds is 1. The zero-order valence-electron chi connectivity index (χ0n) is 12.2. The molecule has 0 spiro atoms. The third-order valence-electron chi connectivity index (χ3n) is 3.96. The summed E-state index contributed by atoms with van der Waals surface area (Å²) < 4.78 is 1.42. The van der Waals surface area contributed by atoms with E-state index in [0.717, 1.165) is 5.69 Å². The number of ketones is 1. The number of fused-ring (bicyclic) bond motifs is 4. The molecule has 5 heteroatoms. The number of carbonyl (C=O) groups excluding carboxylic acids is 1. The molecule has 0 saturated heterocycles. The van der Waals surface area contributed by atoms with Crippen LogP contribution >= 0.6 is 0 Å². The van der Waals surface area contributed by atoms with Crippen LogP contribution in [0.3, 0.4) is 0 Å². The van der Waals surface area contributed by atoms with Crippen LogP contribution in [0.4, 0.5) is 5.69 Å². The molecule has 0 saturated carbocycles. The van der Waals surface area contributed by atoms with E-state index in [1.54, 1.807) is 30.3 Å². The number of anilines is 1. The Morgan fingerprint density at radius 3 is 2.59 bits per heavy atom. The van der Waals surface area contributed by atoms with Gasteiger partial charge >= 0.3 is 0 Å². The third kappa shape index (κ3) is 1.56. The summed E-state index contributed by atoms with van der Waals surface area (Å²) in [6.07, 6.45) is 0. The topological polar surface area (TPSA) is 55.2 Å². The van der Waals surface area contributed by atoms with Crippen LogP contribution in [0.15, 0.2) is 47.3 Å². The van der Waals surface area contributed by atoms with Crippen molar-refractivity contribution in [2.75, 3.05) is 19.0 Å². The first-order chi connectivity index (χ1) is 10.6. The van der Waals surface area contributed by atoms with Gasteiger partial charge in [0.1, 0.15) is 0 Å². The fraction of sp³-hybridized carbons (Fsp3) is 0.118. The predicted octanol–water partition coefficient (Wildman–Crippen LogP) is 2.00. The van der Waals surface area contributed by atoms with Gasteiger partial charge in [0.15, 0.2) is 5.82 Å². The maximum atomic E-state index is 12.7. The number of para-hydroxylation sites is 1. The van der Waals surface area contributed by atoms with Gasteiger partial charge in [-0.3, -0.25) is 14.2 Å². The summed E-state index contributed by atoms with van der Waals surface area (Å²) in [5.74, 6) is -0.0174. The molecule has 0 bridgehead atoms. The van der Waals surface area contributed by atoms with Crippen molar-refractivity contribution in [3.63, 3.8) is 0 Å². The fourth-order valence-corrected chi connectivity index (χ4v) is 2.81. The largest absolute Gasteiger partial charge is 0.378 e. The van der Waals surface area contributed by atoms with Crippen LogP contribution in [0, 0.1) is 0 Å². The summed E-state index contributed by atoms with van der Waals surface area (Å²) in [7, 11) is 3.82. The van der Waals surface area contributed by atoms with Crippen molar-refractivity contribution in [3.05, 3.63) is 64.2 Å². The summed E-state index contributed by atoms with van der Waals surface area (Å²) in [6, 6.07) is 12.6. The molecule has 5 nitrogen and oxygen atoms in total. The van der Waals surface area contributed by atoms with Crippen LogP contribution < -0.4 is 10.5 Å². The lowest BCUT2D eigenvalue weighted by Crippen LogP contribution is -2.21. The van der Waals surface area contributed by atoms with E-state index in [1.807, 2.05) is 31.1 Å². The minimum atomic E-state index is -0.207. The number of carbonyl (C=O) groups is 1. The van der Waals surface area contributed by atoms with E-state index < -0.39 is 0 Å². The summed E-state index contributed by atoms with van der Waals surface area (Å²) in [5.41, 5.74) is 2.38. The van der Waals surface area contributed by atoms with Gasteiger partial charge in [0, 0.05) is 19.8 Å². The lowest BCUT2D eigenvalue weighted by molar-refractivity contribution is 0.103. The molecule has 0 N–H and O–H groups in total. The van der Waals surface area contributed by atoms with Gasteiger partial charge in [0.2, 0.25) is 5.78 Å². The second-order valence-electron chi connectivity index (χ2n) is 5.52. The minimum absolute atomic E-state index is 0.189. The summed E-state index contributed by atoms with van der Waals surface area (Å²) >= 11 is 0. The normalized spacial score (nSPS) is 12.4. The van der Waals surface area contributed by atoms with Crippen molar-refractivity contribution in [1.82, 2.24) is 9.55 Å². The highest BCUT2D eigenvalue weighted by atomic mass is 16.1. The van der Waals surface area contributed by atoms with E-state index in [0.29, 0.717) is 22.2 Å². The molecule has 0 atom stereocenters. The van der Waals surface area contributed by atoms with E-state index in [4.69, 9.17) is 0 Å². The highest BCUT2D eigenvalue weighted by molar-refractivity contribution is 6.13. The van der Waals surface area contributed by atoms with E-state index in [-0.39, 0.29) is 17.2 Å². The standard InChI is InChI=1S/C17H13N3O2/c1-19(2)10-7-8-14-12(9-10)15(21)16-18-13-6-4-3-5-11(13)17(22)20(14)16/h3-9H,1-2H3. The van der Waals surface area contributed by atoms with Crippen LogP contribution in [-0.4, -0.2) is 29.4 Å². The monoisotopic (exact) mass is 291 g/mol. The molecular formula is C17H13N3O2. The average Bonchev–Trinajstić information content (AvgIpc) is 2.80. The van der Waals surface area contributed by atoms with Crippen molar-refractivity contribution < 1.29 is 4.79 Å². The molecule has 1 aliphatic heterocycles. The van der Waals surface area contributed by atoms with E-state index >= 15 is 0 Å². The van der Waals surface area contributed by atoms with Crippen molar-refractivity contribution in [2.24, 2.45) is 0 Å². The Balaban J connectivity index is 2.08. The minimum Gasteiger partial charge on any atom is -0.378 e. The maximum Gasteiger partial charge on any atom is 0.266 e. The summed E-state index contributed by atoms with van der Waals surface area (Å²) in [5, 5.41) is 0.517. The van der Waals surface area contributed by atoms with E-state index in [2.05, 4.69) is 4.98 Å². The fourth-order valence-electron chi connectivity index (χ4n) is 2.81. The molecule has 1 aromatic heterocycles. The van der Waals surface area contributed by atoms with Crippen molar-refractivity contribution in [2.45, 2.75) is 0 Å². The van der Waals surface area contributed by atoms with Gasteiger partial charge in [-0.1, -0.05) is 12.1 Å². The SMILES string of the molecule is CN(C)c1ccc2c(c1)C(=O)c1nc3ccccc3c(=O)n1-2. The Hall–Kier alpha value is -2.95. The van der Waals surface area contributed by atoms with Crippen LogP contribution in [0.1, 0.15) is 16.2 Å². The molecule has 1 aliphatic rings. The summed E-state index contributed by atoms with van der Waals surface area (Å²) in [6.45, 7) is 0. The van der Waals surface area contributed by atoms with Gasteiger partial charge in [0.05, 0.1) is 22.2 Å². The van der Waals surface area contributed by atoms with Gasteiger partial charge in [-0.15, -0.1) is 0 Å². The van der Waals surface area contributed by atoms with Crippen molar-refractivity contribution in [3.8, 4) is 5.69 Å². The van der Waals surface area contributed by atoms with E-state index in [9.17, 15) is 9.59 Å². The number of benzene rings is 2. The Labute approximate surface area is 126 Å². The smallest absolute Gasteiger partial charge is 0.266 e. The molecule has 3 aromatic rings. The molecule has 108 valence electrons. The Morgan fingerprint density at radius 1 is 1.05 bits per heavy atom. The first-order valence-corrected chi connectivity index (χ1v) is 6.96. The van der Waals surface area contributed by atoms with Crippen LogP contribution in [-0.2, 0) is 0 Å². The predicted molar refractivity (Wildman–Crippen MR) is 85.1 cm³/mol. The highest BCUT2D eigenvalue weighted by Gasteiger charge is 2.30. The molecule has 0 radical (unpaired) electrons. The van der Waals surface area contributed by atoms with Gasteiger partial charge in [-0.25, -0.2) is 4.98 Å². The highest BCUT2D eigenvalue weighted by Crippen LogP contribution is 2.29. The van der Waals surface area contributed by atoms with Crippen LogP contribution in [0.5, 0.6) is 0 Å². The molecule has 22 heavy (non-hydrogen) atoms. The molecule has 0 aliphatic carbocycles. The second-order valence-corrected chi connectivity index (χ2v) is 5.52. The number of hydrogen-bond acceptors (Lipinski definition) is 4. The number of nitrogens with zero attached hydrogens (tertiary/aromatic N) is 3. The lowest BCUT2D eigenvalue weighted by Gasteiger charge is -2.13. The molecule has 4 rings (SSSR count). The molecule has 2 aromatic carbocycles. The molecule has 0 fully saturated rings. The van der Waals surface area contributed by atoms with Gasteiger partial charge in [-0.2, -0.15) is 0 Å². The zero-order chi connectivity index (χ0) is 15.4. The zero-order valence-corrected chi connectivity index (χ0v) is 12.2. The molecule has 2 heterocycles. The summed E-state index contributed by atoms with van der Waals surface area (Å²) in [4.78, 5) is 31.6. The quantitative estimate of drug-likeness (QED) is 0.538. The number of aromatic nitrogens is 2. The number of hydrogen-bond donors (Lipinski definition) is 0. The molecule has 0 unspecified atom stereocenters. The average molecular weight is 291 g/mol. The maximum absolute atomic E-state index is 12.7. The Bertz CT molecular complexity index is 1000. The van der Waals surface area contributed by atoms with Crippen LogP contribution in [0.25, 0.3) is 16.6 Å². The lowest BCUT2D eigenvalue weighted by atomic mass is 10.1. The molecule has 0 amide bonds. The Kier molecular flexibility index (Phi) is 2.48.